The molecule has 0 radical (unpaired) electrons. The zero-order chi connectivity index (χ0) is 10.8. The molecule has 15 heavy (non-hydrogen) atoms. The third kappa shape index (κ3) is 2.15. The highest BCUT2D eigenvalue weighted by atomic mass is 14.9. The highest BCUT2D eigenvalue weighted by Crippen LogP contribution is 2.33. The minimum absolute atomic E-state index is 0.219. The van der Waals surface area contributed by atoms with E-state index in [0.717, 1.165) is 6.42 Å². The normalized spacial score (nSPS) is 20.1. The third-order valence-corrected chi connectivity index (χ3v) is 2.97. The van der Waals surface area contributed by atoms with Crippen molar-refractivity contribution in [2.45, 2.75) is 45.2 Å². The molecule has 1 aromatic carbocycles. The van der Waals surface area contributed by atoms with Gasteiger partial charge in [-0.15, -0.1) is 0 Å². The molecule has 0 aliphatic heterocycles. The van der Waals surface area contributed by atoms with E-state index < -0.39 is 0 Å². The van der Waals surface area contributed by atoms with Gasteiger partial charge in [0.1, 0.15) is 0 Å². The predicted molar refractivity (Wildman–Crippen MR) is 65.1 cm³/mol. The Kier molecular flexibility index (Phi) is 2.96. The summed E-state index contributed by atoms with van der Waals surface area (Å²) in [7, 11) is 0. The first kappa shape index (κ1) is 10.5. The van der Waals surface area contributed by atoms with Gasteiger partial charge < -0.3 is 11.1 Å². The molecule has 3 N–H and O–H groups in total. The van der Waals surface area contributed by atoms with E-state index in [1.54, 1.807) is 0 Å². The molecule has 0 heterocycles. The molecular formula is C13H20N2. The lowest BCUT2D eigenvalue weighted by Gasteiger charge is -2.26. The monoisotopic (exact) mass is 204 g/mol. The second kappa shape index (κ2) is 4.23. The summed E-state index contributed by atoms with van der Waals surface area (Å²) in [4.78, 5) is 0. The van der Waals surface area contributed by atoms with Gasteiger partial charge in [0.15, 0.2) is 0 Å². The maximum absolute atomic E-state index is 6.18. The standard InChI is InChI=1S/C13H20N2/c1-9(2)15-12-8-4-6-10-5-3-7-11(14)13(10)12/h4,6,8-9,11,15H,3,5,7,14H2,1-2H3. The van der Waals surface area contributed by atoms with E-state index in [2.05, 4.69) is 37.4 Å². The quantitative estimate of drug-likeness (QED) is 0.777. The molecule has 1 atom stereocenters. The lowest BCUT2D eigenvalue weighted by Crippen LogP contribution is -2.21. The summed E-state index contributed by atoms with van der Waals surface area (Å²) < 4.78 is 0. The Morgan fingerprint density at radius 2 is 2.20 bits per heavy atom. The second-order valence-corrected chi connectivity index (χ2v) is 4.68. The molecule has 2 nitrogen and oxygen atoms in total. The van der Waals surface area contributed by atoms with Crippen LogP contribution >= 0.6 is 0 Å². The maximum Gasteiger partial charge on any atom is 0.0393 e. The number of benzene rings is 1. The first-order valence-electron chi connectivity index (χ1n) is 5.82. The van der Waals surface area contributed by atoms with Crippen LogP contribution in [0.1, 0.15) is 43.9 Å². The average molecular weight is 204 g/mol. The SMILES string of the molecule is CC(C)Nc1cccc2c1C(N)CCC2. The van der Waals surface area contributed by atoms with Gasteiger partial charge in [-0.25, -0.2) is 0 Å². The van der Waals surface area contributed by atoms with E-state index in [0.29, 0.717) is 6.04 Å². The minimum atomic E-state index is 0.219. The predicted octanol–water partition coefficient (Wildman–Crippen LogP) is 2.84. The van der Waals surface area contributed by atoms with E-state index >= 15 is 0 Å². The summed E-state index contributed by atoms with van der Waals surface area (Å²) in [6.45, 7) is 4.32. The number of nitrogens with one attached hydrogen (secondary N) is 1. The number of hydrogen-bond donors (Lipinski definition) is 2. The fourth-order valence-corrected chi connectivity index (χ4v) is 2.36. The Hall–Kier alpha value is -1.02. The molecule has 2 heteroatoms. The Labute approximate surface area is 91.9 Å². The summed E-state index contributed by atoms with van der Waals surface area (Å²) in [5.74, 6) is 0. The topological polar surface area (TPSA) is 38.0 Å². The van der Waals surface area contributed by atoms with Crippen LogP contribution in [0.2, 0.25) is 0 Å². The number of anilines is 1. The summed E-state index contributed by atoms with van der Waals surface area (Å²) in [6, 6.07) is 7.16. The van der Waals surface area contributed by atoms with Crippen molar-refractivity contribution in [2.24, 2.45) is 5.73 Å². The fourth-order valence-electron chi connectivity index (χ4n) is 2.36. The van der Waals surface area contributed by atoms with Crippen LogP contribution in [0.3, 0.4) is 0 Å². The Bertz CT molecular complexity index is 344. The van der Waals surface area contributed by atoms with Crippen molar-refractivity contribution >= 4 is 5.69 Å². The van der Waals surface area contributed by atoms with Crippen LogP contribution < -0.4 is 11.1 Å². The Morgan fingerprint density at radius 1 is 1.40 bits per heavy atom. The molecule has 82 valence electrons. The van der Waals surface area contributed by atoms with Crippen molar-refractivity contribution in [2.75, 3.05) is 5.32 Å². The van der Waals surface area contributed by atoms with Crippen molar-refractivity contribution in [3.8, 4) is 0 Å². The number of hydrogen-bond acceptors (Lipinski definition) is 2. The van der Waals surface area contributed by atoms with Crippen LogP contribution in [0.15, 0.2) is 18.2 Å². The molecule has 0 aromatic heterocycles. The molecule has 0 spiro atoms. The molecule has 1 aliphatic carbocycles. The molecular weight excluding hydrogens is 184 g/mol. The fraction of sp³-hybridized carbons (Fsp3) is 0.538. The van der Waals surface area contributed by atoms with E-state index in [-0.39, 0.29) is 6.04 Å². The Morgan fingerprint density at radius 3 is 2.93 bits per heavy atom. The summed E-state index contributed by atoms with van der Waals surface area (Å²) in [5, 5.41) is 3.48. The van der Waals surface area contributed by atoms with Gasteiger partial charge >= 0.3 is 0 Å². The highest BCUT2D eigenvalue weighted by molar-refractivity contribution is 5.57. The van der Waals surface area contributed by atoms with Gasteiger partial charge in [-0.05, 0) is 50.3 Å². The van der Waals surface area contributed by atoms with Crippen molar-refractivity contribution in [3.05, 3.63) is 29.3 Å². The number of fused-ring (bicyclic) bond motifs is 1. The minimum Gasteiger partial charge on any atom is -0.383 e. The maximum atomic E-state index is 6.18. The van der Waals surface area contributed by atoms with E-state index in [4.69, 9.17) is 5.73 Å². The molecule has 0 fully saturated rings. The van der Waals surface area contributed by atoms with Crippen LogP contribution in [0, 0.1) is 0 Å². The van der Waals surface area contributed by atoms with Crippen molar-refractivity contribution in [1.29, 1.82) is 0 Å². The van der Waals surface area contributed by atoms with Gasteiger partial charge in [-0.1, -0.05) is 12.1 Å². The molecule has 1 aliphatic rings. The molecule has 1 unspecified atom stereocenters. The van der Waals surface area contributed by atoms with Crippen LogP contribution in [0.4, 0.5) is 5.69 Å². The summed E-state index contributed by atoms with van der Waals surface area (Å²) >= 11 is 0. The van der Waals surface area contributed by atoms with Crippen molar-refractivity contribution in [3.63, 3.8) is 0 Å². The molecule has 0 bridgehead atoms. The summed E-state index contributed by atoms with van der Waals surface area (Å²) in [6.07, 6.45) is 3.51. The number of rotatable bonds is 2. The highest BCUT2D eigenvalue weighted by Gasteiger charge is 2.19. The van der Waals surface area contributed by atoms with Crippen LogP contribution in [0.5, 0.6) is 0 Å². The smallest absolute Gasteiger partial charge is 0.0393 e. The van der Waals surface area contributed by atoms with E-state index in [1.165, 1.54) is 29.7 Å². The summed E-state index contributed by atoms with van der Waals surface area (Å²) in [5.41, 5.74) is 10.2. The van der Waals surface area contributed by atoms with E-state index in [1.807, 2.05) is 0 Å². The van der Waals surface area contributed by atoms with Gasteiger partial charge in [0.2, 0.25) is 0 Å². The first-order valence-corrected chi connectivity index (χ1v) is 5.82. The zero-order valence-electron chi connectivity index (χ0n) is 9.59. The van der Waals surface area contributed by atoms with Crippen molar-refractivity contribution in [1.82, 2.24) is 0 Å². The number of aryl methyl sites for hydroxylation is 1. The van der Waals surface area contributed by atoms with Gasteiger partial charge in [-0.2, -0.15) is 0 Å². The van der Waals surface area contributed by atoms with Crippen LogP contribution in [-0.2, 0) is 6.42 Å². The molecule has 0 saturated heterocycles. The molecule has 1 aromatic rings. The lowest BCUT2D eigenvalue weighted by molar-refractivity contribution is 0.571. The van der Waals surface area contributed by atoms with Crippen LogP contribution in [-0.4, -0.2) is 6.04 Å². The van der Waals surface area contributed by atoms with Gasteiger partial charge in [0.25, 0.3) is 0 Å². The van der Waals surface area contributed by atoms with Gasteiger partial charge in [-0.3, -0.25) is 0 Å². The van der Waals surface area contributed by atoms with E-state index in [9.17, 15) is 0 Å². The Balaban J connectivity index is 2.38. The second-order valence-electron chi connectivity index (χ2n) is 4.68. The lowest BCUT2D eigenvalue weighted by atomic mass is 9.87. The van der Waals surface area contributed by atoms with Crippen LogP contribution in [0.25, 0.3) is 0 Å². The first-order chi connectivity index (χ1) is 7.18. The zero-order valence-corrected chi connectivity index (χ0v) is 9.59. The largest absolute Gasteiger partial charge is 0.383 e. The average Bonchev–Trinajstić information content (AvgIpc) is 2.17. The molecule has 0 amide bonds. The molecule has 0 saturated carbocycles. The van der Waals surface area contributed by atoms with Gasteiger partial charge in [0.05, 0.1) is 0 Å². The number of nitrogens with two attached hydrogens (primary N) is 1. The van der Waals surface area contributed by atoms with Gasteiger partial charge in [0, 0.05) is 17.8 Å². The molecule has 2 rings (SSSR count). The third-order valence-electron chi connectivity index (χ3n) is 2.97. The van der Waals surface area contributed by atoms with Crippen molar-refractivity contribution < 1.29 is 0 Å².